The molecule has 1 amide bonds. The summed E-state index contributed by atoms with van der Waals surface area (Å²) in [5.74, 6) is 0.443. The predicted octanol–water partition coefficient (Wildman–Crippen LogP) is 3.35. The SMILES string of the molecule is Cc1cc(C)c2nc3c(cc2c1)CN(C[C@H]1CCCO1)C(=O)O3. The molecule has 2 aromatic rings. The minimum Gasteiger partial charge on any atom is -0.391 e. The summed E-state index contributed by atoms with van der Waals surface area (Å²) >= 11 is 0. The molecule has 2 aliphatic rings. The molecular weight excluding hydrogens is 292 g/mol. The fourth-order valence-electron chi connectivity index (χ4n) is 3.47. The molecule has 0 bridgehead atoms. The highest BCUT2D eigenvalue weighted by Gasteiger charge is 2.30. The van der Waals surface area contributed by atoms with E-state index in [2.05, 4.69) is 30.1 Å². The molecule has 2 aliphatic heterocycles. The molecule has 0 unspecified atom stereocenters. The van der Waals surface area contributed by atoms with Gasteiger partial charge < -0.3 is 14.4 Å². The van der Waals surface area contributed by atoms with Gasteiger partial charge in [-0.2, -0.15) is 0 Å². The molecule has 5 nitrogen and oxygen atoms in total. The Balaban J connectivity index is 1.67. The van der Waals surface area contributed by atoms with Crippen molar-refractivity contribution in [3.8, 4) is 5.88 Å². The first-order valence-electron chi connectivity index (χ1n) is 8.09. The van der Waals surface area contributed by atoms with Gasteiger partial charge in [0.15, 0.2) is 0 Å². The number of fused-ring (bicyclic) bond motifs is 2. The van der Waals surface area contributed by atoms with Crippen molar-refractivity contribution in [3.63, 3.8) is 0 Å². The largest absolute Gasteiger partial charge is 0.416 e. The maximum atomic E-state index is 12.2. The van der Waals surface area contributed by atoms with Crippen LogP contribution in [0, 0.1) is 13.8 Å². The van der Waals surface area contributed by atoms with Gasteiger partial charge in [0.1, 0.15) is 0 Å². The Morgan fingerprint density at radius 2 is 2.17 bits per heavy atom. The lowest BCUT2D eigenvalue weighted by Crippen LogP contribution is -2.41. The maximum Gasteiger partial charge on any atom is 0.416 e. The van der Waals surface area contributed by atoms with E-state index in [9.17, 15) is 4.79 Å². The predicted molar refractivity (Wildman–Crippen MR) is 86.6 cm³/mol. The number of hydrogen-bond acceptors (Lipinski definition) is 4. The zero-order valence-electron chi connectivity index (χ0n) is 13.5. The molecule has 5 heteroatoms. The number of carbonyl (C=O) groups is 1. The lowest BCUT2D eigenvalue weighted by atomic mass is 10.0. The Labute approximate surface area is 135 Å². The van der Waals surface area contributed by atoms with Gasteiger partial charge in [0, 0.05) is 17.6 Å². The van der Waals surface area contributed by atoms with Gasteiger partial charge in [-0.3, -0.25) is 0 Å². The Morgan fingerprint density at radius 3 is 2.96 bits per heavy atom. The number of aryl methyl sites for hydroxylation is 2. The van der Waals surface area contributed by atoms with E-state index in [1.54, 1.807) is 4.90 Å². The van der Waals surface area contributed by atoms with Crippen LogP contribution in [0.3, 0.4) is 0 Å². The van der Waals surface area contributed by atoms with Gasteiger partial charge in [0.05, 0.1) is 24.7 Å². The topological polar surface area (TPSA) is 51.7 Å². The molecular formula is C18H20N2O3. The Bertz CT molecular complexity index is 781. The van der Waals surface area contributed by atoms with Crippen molar-refractivity contribution in [2.45, 2.75) is 39.3 Å². The molecule has 1 aromatic heterocycles. The van der Waals surface area contributed by atoms with E-state index in [1.165, 1.54) is 5.56 Å². The van der Waals surface area contributed by atoms with Crippen molar-refractivity contribution in [1.29, 1.82) is 0 Å². The van der Waals surface area contributed by atoms with Crippen LogP contribution in [-0.4, -0.2) is 35.2 Å². The number of benzene rings is 1. The summed E-state index contributed by atoms with van der Waals surface area (Å²) in [5, 5.41) is 1.09. The van der Waals surface area contributed by atoms with Crippen molar-refractivity contribution in [2.24, 2.45) is 0 Å². The van der Waals surface area contributed by atoms with E-state index in [0.717, 1.165) is 41.5 Å². The molecule has 23 heavy (non-hydrogen) atoms. The summed E-state index contributed by atoms with van der Waals surface area (Å²) < 4.78 is 11.1. The van der Waals surface area contributed by atoms with E-state index in [0.29, 0.717) is 19.0 Å². The van der Waals surface area contributed by atoms with Crippen LogP contribution in [-0.2, 0) is 11.3 Å². The van der Waals surface area contributed by atoms with Crippen LogP contribution in [0.15, 0.2) is 18.2 Å². The average Bonchev–Trinajstić information content (AvgIpc) is 3.00. The average molecular weight is 312 g/mol. The van der Waals surface area contributed by atoms with E-state index in [4.69, 9.17) is 9.47 Å². The molecule has 1 atom stereocenters. The van der Waals surface area contributed by atoms with Gasteiger partial charge in [-0.05, 0) is 44.4 Å². The van der Waals surface area contributed by atoms with Crippen molar-refractivity contribution < 1.29 is 14.3 Å². The van der Waals surface area contributed by atoms with E-state index >= 15 is 0 Å². The fraction of sp³-hybridized carbons (Fsp3) is 0.444. The van der Waals surface area contributed by atoms with Crippen molar-refractivity contribution in [1.82, 2.24) is 9.88 Å². The number of amides is 1. The monoisotopic (exact) mass is 312 g/mol. The van der Waals surface area contributed by atoms with Crippen molar-refractivity contribution in [2.75, 3.05) is 13.2 Å². The van der Waals surface area contributed by atoms with Gasteiger partial charge in [-0.25, -0.2) is 9.78 Å². The van der Waals surface area contributed by atoms with Crippen LogP contribution in [0.2, 0.25) is 0 Å². The highest BCUT2D eigenvalue weighted by molar-refractivity contribution is 5.85. The number of ether oxygens (including phenoxy) is 2. The van der Waals surface area contributed by atoms with Crippen LogP contribution >= 0.6 is 0 Å². The number of carbonyl (C=O) groups excluding carboxylic acids is 1. The van der Waals surface area contributed by atoms with Crippen molar-refractivity contribution >= 4 is 17.0 Å². The second-order valence-electron chi connectivity index (χ2n) is 6.49. The Morgan fingerprint density at radius 1 is 1.30 bits per heavy atom. The molecule has 4 rings (SSSR count). The van der Waals surface area contributed by atoms with Crippen LogP contribution in [0.5, 0.6) is 5.88 Å². The molecule has 0 N–H and O–H groups in total. The smallest absolute Gasteiger partial charge is 0.391 e. The highest BCUT2D eigenvalue weighted by atomic mass is 16.6. The Kier molecular flexibility index (Phi) is 3.45. The lowest BCUT2D eigenvalue weighted by molar-refractivity contribution is 0.0641. The number of rotatable bonds is 2. The molecule has 0 aliphatic carbocycles. The second kappa shape index (κ2) is 5.49. The van der Waals surface area contributed by atoms with Gasteiger partial charge in [0.25, 0.3) is 0 Å². The number of nitrogens with zero attached hydrogens (tertiary/aromatic N) is 2. The summed E-state index contributed by atoms with van der Waals surface area (Å²) in [5.41, 5.74) is 4.16. The van der Waals surface area contributed by atoms with Crippen LogP contribution in [0.25, 0.3) is 10.9 Å². The van der Waals surface area contributed by atoms with Gasteiger partial charge in [-0.15, -0.1) is 0 Å². The molecule has 120 valence electrons. The molecule has 0 spiro atoms. The maximum absolute atomic E-state index is 12.2. The third kappa shape index (κ3) is 2.65. The zero-order chi connectivity index (χ0) is 16.0. The van der Waals surface area contributed by atoms with E-state index < -0.39 is 0 Å². The summed E-state index contributed by atoms with van der Waals surface area (Å²) in [4.78, 5) is 18.5. The quantitative estimate of drug-likeness (QED) is 0.853. The molecule has 0 saturated carbocycles. The minimum absolute atomic E-state index is 0.127. The minimum atomic E-state index is -0.329. The number of hydrogen-bond donors (Lipinski definition) is 0. The number of aromatic nitrogens is 1. The molecule has 0 radical (unpaired) electrons. The van der Waals surface area contributed by atoms with E-state index in [-0.39, 0.29) is 12.2 Å². The van der Waals surface area contributed by atoms with E-state index in [1.807, 2.05) is 6.92 Å². The second-order valence-corrected chi connectivity index (χ2v) is 6.49. The van der Waals surface area contributed by atoms with Crippen molar-refractivity contribution in [3.05, 3.63) is 34.9 Å². The first-order chi connectivity index (χ1) is 11.1. The standard InChI is InChI=1S/C18H20N2O3/c1-11-6-12(2)16-13(7-11)8-14-9-20(10-15-4-3-5-22-15)18(21)23-17(14)19-16/h6-8,15H,3-5,9-10H2,1-2H3/t15-/m1/s1. The number of pyridine rings is 1. The first-order valence-corrected chi connectivity index (χ1v) is 8.09. The molecule has 1 saturated heterocycles. The van der Waals surface area contributed by atoms with Gasteiger partial charge in [-0.1, -0.05) is 11.6 Å². The van der Waals surface area contributed by atoms with Crippen LogP contribution in [0.1, 0.15) is 29.5 Å². The van der Waals surface area contributed by atoms with Gasteiger partial charge in [0.2, 0.25) is 5.88 Å². The highest BCUT2D eigenvalue weighted by Crippen LogP contribution is 2.30. The van der Waals surface area contributed by atoms with Gasteiger partial charge >= 0.3 is 6.09 Å². The summed E-state index contributed by atoms with van der Waals surface area (Å²) in [6.45, 7) is 6.01. The summed E-state index contributed by atoms with van der Waals surface area (Å²) in [6.07, 6.45) is 1.87. The Hall–Kier alpha value is -2.14. The summed E-state index contributed by atoms with van der Waals surface area (Å²) in [6, 6.07) is 6.30. The molecule has 3 heterocycles. The first kappa shape index (κ1) is 14.5. The molecule has 1 aromatic carbocycles. The summed E-state index contributed by atoms with van der Waals surface area (Å²) in [7, 11) is 0. The lowest BCUT2D eigenvalue weighted by Gasteiger charge is -2.29. The fourth-order valence-corrected chi connectivity index (χ4v) is 3.47. The van der Waals surface area contributed by atoms with Crippen LogP contribution < -0.4 is 4.74 Å². The van der Waals surface area contributed by atoms with Crippen LogP contribution in [0.4, 0.5) is 4.79 Å². The molecule has 1 fully saturated rings. The normalized spacial score (nSPS) is 20.7. The zero-order valence-corrected chi connectivity index (χ0v) is 13.5. The third-order valence-corrected chi connectivity index (χ3v) is 4.54. The third-order valence-electron chi connectivity index (χ3n) is 4.54.